The van der Waals surface area contributed by atoms with Crippen molar-refractivity contribution >= 4 is 56.4 Å². The molecule has 5 aromatic carbocycles. The predicted octanol–water partition coefficient (Wildman–Crippen LogP) is 7.55. The lowest BCUT2D eigenvalue weighted by Crippen LogP contribution is -2.46. The van der Waals surface area contributed by atoms with Crippen molar-refractivity contribution in [1.29, 1.82) is 0 Å². The highest BCUT2D eigenvalue weighted by Gasteiger charge is 2.22. The average Bonchev–Trinajstić information content (AvgIpc) is 3.17. The number of thioether (sulfide) groups is 1. The molecule has 4 N–H and O–H groups in total. The number of hydrogen-bond donors (Lipinski definition) is 3. The summed E-state index contributed by atoms with van der Waals surface area (Å²) in [5, 5.41) is 4.23. The minimum Gasteiger partial charge on any atom is -0.397 e. The highest BCUT2D eigenvalue weighted by atomic mass is 35.5. The molecule has 0 aromatic heterocycles. The second-order valence-electron chi connectivity index (χ2n) is 13.7. The lowest BCUT2D eigenvalue weighted by molar-refractivity contribution is 0.0981. The summed E-state index contributed by atoms with van der Waals surface area (Å²) in [4.78, 5) is 21.1. The van der Waals surface area contributed by atoms with E-state index in [4.69, 9.17) is 17.3 Å². The maximum atomic E-state index is 13.3. The molecule has 1 saturated heterocycles. The van der Waals surface area contributed by atoms with Crippen molar-refractivity contribution in [2.75, 3.05) is 68.5 Å². The smallest absolute Gasteiger partial charge is 0.264 e. The summed E-state index contributed by atoms with van der Waals surface area (Å²) in [7, 11) is -0.100. The standard InChI is InChI=1S/C42H47ClN6O3S2/c1-47(2)23-22-35(30-53-37-9-4-3-5-10-37)45-41-21-20-38(28-40(41)44)54(51,52)46-42(50)32-14-18-36(19-15-32)49-26-24-48(25-27-49)29-33-8-6-7-11-39(33)31-12-16-34(43)17-13-31/h3-21,28,35,45H,22-27,29-30,44H2,1-2H3,(H,46,50)/t35-/m1/s1. The van der Waals surface area contributed by atoms with E-state index in [2.05, 4.69) is 73.3 Å². The van der Waals surface area contributed by atoms with Gasteiger partial charge < -0.3 is 20.9 Å². The molecular formula is C42H47ClN6O3S2. The fourth-order valence-electron chi connectivity index (χ4n) is 6.42. The van der Waals surface area contributed by atoms with Crippen LogP contribution in [0.5, 0.6) is 0 Å². The number of benzene rings is 5. The van der Waals surface area contributed by atoms with E-state index in [9.17, 15) is 13.2 Å². The second kappa shape index (κ2) is 18.2. The van der Waals surface area contributed by atoms with E-state index in [1.165, 1.54) is 28.2 Å². The van der Waals surface area contributed by atoms with Gasteiger partial charge in [-0.05, 0) is 110 Å². The van der Waals surface area contributed by atoms with Gasteiger partial charge in [-0.2, -0.15) is 0 Å². The molecule has 1 aliphatic rings. The molecule has 0 spiro atoms. The van der Waals surface area contributed by atoms with Gasteiger partial charge in [0.1, 0.15) is 0 Å². The molecule has 0 bridgehead atoms. The van der Waals surface area contributed by atoms with Crippen molar-refractivity contribution in [3.8, 4) is 11.1 Å². The summed E-state index contributed by atoms with van der Waals surface area (Å²) in [6.07, 6.45) is 0.873. The van der Waals surface area contributed by atoms with Gasteiger partial charge in [0.2, 0.25) is 0 Å². The van der Waals surface area contributed by atoms with Crippen molar-refractivity contribution < 1.29 is 13.2 Å². The Kier molecular flexibility index (Phi) is 13.2. The Bertz CT molecular complexity index is 2110. The minimum atomic E-state index is -4.17. The van der Waals surface area contributed by atoms with Crippen LogP contribution in [0, 0.1) is 0 Å². The third-order valence-corrected chi connectivity index (χ3v) is 12.2. The highest BCUT2D eigenvalue weighted by molar-refractivity contribution is 7.99. The number of nitrogens with two attached hydrogens (primary N) is 1. The number of nitrogen functional groups attached to an aromatic ring is 1. The molecule has 6 rings (SSSR count). The zero-order valence-electron chi connectivity index (χ0n) is 30.6. The first-order valence-electron chi connectivity index (χ1n) is 18.0. The summed E-state index contributed by atoms with van der Waals surface area (Å²) in [6, 6.07) is 38.3. The second-order valence-corrected chi connectivity index (χ2v) is 16.9. The van der Waals surface area contributed by atoms with Crippen LogP contribution in [0.2, 0.25) is 5.02 Å². The number of nitrogens with one attached hydrogen (secondary N) is 2. The maximum absolute atomic E-state index is 13.3. The number of rotatable bonds is 15. The van der Waals surface area contributed by atoms with Gasteiger partial charge in [-0.15, -0.1) is 11.8 Å². The molecule has 54 heavy (non-hydrogen) atoms. The van der Waals surface area contributed by atoms with Gasteiger partial charge in [-0.1, -0.05) is 66.2 Å². The number of carbonyl (C=O) groups excluding carboxylic acids is 1. The molecule has 0 saturated carbocycles. The molecule has 9 nitrogen and oxygen atoms in total. The number of halogens is 1. The Morgan fingerprint density at radius 2 is 1.56 bits per heavy atom. The molecule has 0 unspecified atom stereocenters. The Balaban J connectivity index is 1.02. The number of sulfonamides is 1. The van der Waals surface area contributed by atoms with Crippen LogP contribution in [0.3, 0.4) is 0 Å². The SMILES string of the molecule is CN(C)CC[C@H](CSc1ccccc1)Nc1ccc(S(=O)(=O)NC(=O)c2ccc(N3CCN(Cc4ccccc4-c4ccc(Cl)cc4)CC3)cc2)cc1N. The topological polar surface area (TPSA) is 111 Å². The molecule has 282 valence electrons. The normalized spacial score (nSPS) is 14.2. The van der Waals surface area contributed by atoms with Crippen molar-refractivity contribution in [1.82, 2.24) is 14.5 Å². The number of amides is 1. The number of hydrogen-bond acceptors (Lipinski definition) is 9. The van der Waals surface area contributed by atoms with Gasteiger partial charge in [0, 0.05) is 65.7 Å². The van der Waals surface area contributed by atoms with E-state index < -0.39 is 15.9 Å². The van der Waals surface area contributed by atoms with Gasteiger partial charge in [0.15, 0.2) is 0 Å². The van der Waals surface area contributed by atoms with Crippen molar-refractivity contribution in [3.63, 3.8) is 0 Å². The zero-order valence-corrected chi connectivity index (χ0v) is 33.0. The number of carbonyl (C=O) groups is 1. The molecule has 12 heteroatoms. The van der Waals surface area contributed by atoms with E-state index in [1.807, 2.05) is 56.6 Å². The van der Waals surface area contributed by atoms with Crippen LogP contribution in [0.4, 0.5) is 17.1 Å². The van der Waals surface area contributed by atoms with Crippen molar-refractivity contribution in [3.05, 3.63) is 137 Å². The highest BCUT2D eigenvalue weighted by Crippen LogP contribution is 2.29. The average molecular weight is 783 g/mol. The third-order valence-electron chi connectivity index (χ3n) is 9.47. The lowest BCUT2D eigenvalue weighted by Gasteiger charge is -2.36. The molecule has 0 aliphatic carbocycles. The van der Waals surface area contributed by atoms with Crippen LogP contribution in [0.25, 0.3) is 11.1 Å². The first kappa shape index (κ1) is 39.2. The van der Waals surface area contributed by atoms with Crippen molar-refractivity contribution in [2.24, 2.45) is 0 Å². The Morgan fingerprint density at radius 1 is 0.870 bits per heavy atom. The molecule has 5 aromatic rings. The van der Waals surface area contributed by atoms with Crippen LogP contribution in [-0.2, 0) is 16.6 Å². The monoisotopic (exact) mass is 782 g/mol. The van der Waals surface area contributed by atoms with Crippen LogP contribution >= 0.6 is 23.4 Å². The van der Waals surface area contributed by atoms with Crippen LogP contribution in [-0.4, -0.2) is 82.7 Å². The molecule has 1 aliphatic heterocycles. The molecule has 1 amide bonds. The maximum Gasteiger partial charge on any atom is 0.264 e. The van der Waals surface area contributed by atoms with Gasteiger partial charge in [-0.3, -0.25) is 9.69 Å². The molecule has 1 atom stereocenters. The fraction of sp³-hybridized carbons (Fsp3) is 0.262. The molecule has 0 radical (unpaired) electrons. The van der Waals surface area contributed by atoms with Gasteiger partial charge in [0.05, 0.1) is 16.3 Å². The Labute approximate surface area is 328 Å². The lowest BCUT2D eigenvalue weighted by atomic mass is 9.99. The van der Waals surface area contributed by atoms with Crippen LogP contribution in [0.1, 0.15) is 22.3 Å². The van der Waals surface area contributed by atoms with E-state index in [0.29, 0.717) is 11.4 Å². The largest absolute Gasteiger partial charge is 0.397 e. The zero-order chi connectivity index (χ0) is 38.1. The first-order chi connectivity index (χ1) is 26.0. The van der Waals surface area contributed by atoms with E-state index in [-0.39, 0.29) is 16.5 Å². The number of nitrogens with zero attached hydrogens (tertiary/aromatic N) is 3. The van der Waals surface area contributed by atoms with Gasteiger partial charge in [-0.25, -0.2) is 13.1 Å². The summed E-state index contributed by atoms with van der Waals surface area (Å²) in [5.74, 6) is 0.108. The summed E-state index contributed by atoms with van der Waals surface area (Å²) < 4.78 is 28.8. The summed E-state index contributed by atoms with van der Waals surface area (Å²) >= 11 is 7.87. The predicted molar refractivity (Wildman–Crippen MR) is 224 cm³/mol. The Morgan fingerprint density at radius 3 is 2.24 bits per heavy atom. The van der Waals surface area contributed by atoms with Crippen LogP contribution < -0.4 is 20.7 Å². The van der Waals surface area contributed by atoms with Gasteiger partial charge in [0.25, 0.3) is 15.9 Å². The van der Waals surface area contributed by atoms with E-state index in [0.717, 1.165) is 67.7 Å². The summed E-state index contributed by atoms with van der Waals surface area (Å²) in [5.41, 5.74) is 12.2. The quantitative estimate of drug-likeness (QED) is 0.0733. The molecular weight excluding hydrogens is 736 g/mol. The number of anilines is 3. The third kappa shape index (κ3) is 10.6. The van der Waals surface area contributed by atoms with Gasteiger partial charge >= 0.3 is 0 Å². The Hall–Kier alpha value is -4.52. The number of piperazine rings is 1. The van der Waals surface area contributed by atoms with Crippen LogP contribution in [0.15, 0.2) is 131 Å². The van der Waals surface area contributed by atoms with E-state index in [1.54, 1.807) is 30.0 Å². The molecule has 1 heterocycles. The first-order valence-corrected chi connectivity index (χ1v) is 20.9. The van der Waals surface area contributed by atoms with Crippen molar-refractivity contribution in [2.45, 2.75) is 28.8 Å². The fourth-order valence-corrected chi connectivity index (χ4v) is 8.55. The van der Waals surface area contributed by atoms with E-state index >= 15 is 0 Å². The molecule has 1 fully saturated rings. The minimum absolute atomic E-state index is 0.0762. The summed E-state index contributed by atoms with van der Waals surface area (Å²) in [6.45, 7) is 5.16.